The van der Waals surface area contributed by atoms with Gasteiger partial charge in [-0.25, -0.2) is 4.79 Å². The number of aliphatic hydroxyl groups is 1. The van der Waals surface area contributed by atoms with E-state index in [-0.39, 0.29) is 6.61 Å². The molecule has 0 aliphatic carbocycles. The third kappa shape index (κ3) is 2.60. The van der Waals surface area contributed by atoms with E-state index in [9.17, 15) is 9.90 Å². The highest BCUT2D eigenvalue weighted by Crippen LogP contribution is 2.36. The van der Waals surface area contributed by atoms with Crippen LogP contribution >= 0.6 is 11.6 Å². The van der Waals surface area contributed by atoms with Crippen molar-refractivity contribution < 1.29 is 14.6 Å². The van der Waals surface area contributed by atoms with Gasteiger partial charge in [0.2, 0.25) is 5.60 Å². The van der Waals surface area contributed by atoms with Crippen LogP contribution in [0.5, 0.6) is 0 Å². The average molecular weight is 330 g/mol. The zero-order chi connectivity index (χ0) is 16.4. The SMILES string of the molecule is CCOC(=O)[C@@](O)(c1ccc(Cl)cc1)c1c[nH]c2ccccc12. The summed E-state index contributed by atoms with van der Waals surface area (Å²) in [5.74, 6) is -0.716. The lowest BCUT2D eigenvalue weighted by atomic mass is 9.86. The molecular formula is C18H16ClNO3. The van der Waals surface area contributed by atoms with Crippen LogP contribution in [0.1, 0.15) is 18.1 Å². The van der Waals surface area contributed by atoms with Crippen LogP contribution in [-0.2, 0) is 15.1 Å². The second kappa shape index (κ2) is 6.07. The van der Waals surface area contributed by atoms with Gasteiger partial charge in [0, 0.05) is 27.7 Å². The maximum Gasteiger partial charge on any atom is 0.347 e. The summed E-state index contributed by atoms with van der Waals surface area (Å²) in [6.07, 6.45) is 1.64. The van der Waals surface area contributed by atoms with Gasteiger partial charge in [0.15, 0.2) is 0 Å². The molecule has 0 amide bonds. The Morgan fingerprint density at radius 1 is 1.22 bits per heavy atom. The number of nitrogens with one attached hydrogen (secondary N) is 1. The topological polar surface area (TPSA) is 62.3 Å². The number of hydrogen-bond donors (Lipinski definition) is 2. The molecule has 0 saturated heterocycles. The number of hydrogen-bond acceptors (Lipinski definition) is 3. The lowest BCUT2D eigenvalue weighted by molar-refractivity contribution is -0.161. The van der Waals surface area contributed by atoms with E-state index in [4.69, 9.17) is 16.3 Å². The molecule has 1 aromatic heterocycles. The van der Waals surface area contributed by atoms with Gasteiger partial charge in [-0.1, -0.05) is 41.9 Å². The monoisotopic (exact) mass is 329 g/mol. The Hall–Kier alpha value is -2.30. The van der Waals surface area contributed by atoms with Crippen molar-refractivity contribution in [3.8, 4) is 0 Å². The molecule has 23 heavy (non-hydrogen) atoms. The number of rotatable bonds is 4. The highest BCUT2D eigenvalue weighted by atomic mass is 35.5. The molecule has 0 radical (unpaired) electrons. The van der Waals surface area contributed by atoms with Crippen LogP contribution in [0.2, 0.25) is 5.02 Å². The lowest BCUT2D eigenvalue weighted by Crippen LogP contribution is -2.38. The van der Waals surface area contributed by atoms with Gasteiger partial charge in [-0.3, -0.25) is 0 Å². The van der Waals surface area contributed by atoms with Gasteiger partial charge >= 0.3 is 5.97 Å². The van der Waals surface area contributed by atoms with E-state index in [1.807, 2.05) is 24.3 Å². The summed E-state index contributed by atoms with van der Waals surface area (Å²) >= 11 is 5.92. The number of carbonyl (C=O) groups excluding carboxylic acids is 1. The minimum Gasteiger partial charge on any atom is -0.463 e. The molecule has 5 heteroatoms. The van der Waals surface area contributed by atoms with Crippen molar-refractivity contribution >= 4 is 28.5 Å². The number of halogens is 1. The minimum atomic E-state index is -1.90. The predicted octanol–water partition coefficient (Wildman–Crippen LogP) is 3.62. The summed E-state index contributed by atoms with van der Waals surface area (Å²) in [5.41, 5.74) is -0.210. The third-order valence-electron chi connectivity index (χ3n) is 3.81. The van der Waals surface area contributed by atoms with Crippen LogP contribution in [0.25, 0.3) is 10.9 Å². The standard InChI is InChI=1S/C18H16ClNO3/c1-2-23-17(21)18(22,12-7-9-13(19)10-8-12)15-11-20-16-6-4-3-5-14(15)16/h3-11,20,22H,2H2,1H3/t18-/m1/s1. The normalized spacial score (nSPS) is 13.7. The van der Waals surface area contributed by atoms with Crippen molar-refractivity contribution in [1.29, 1.82) is 0 Å². The summed E-state index contributed by atoms with van der Waals surface area (Å²) in [5, 5.41) is 12.6. The van der Waals surface area contributed by atoms with Crippen LogP contribution in [-0.4, -0.2) is 22.7 Å². The van der Waals surface area contributed by atoms with Gasteiger partial charge in [0.25, 0.3) is 0 Å². The largest absolute Gasteiger partial charge is 0.463 e. The fourth-order valence-electron chi connectivity index (χ4n) is 2.68. The summed E-state index contributed by atoms with van der Waals surface area (Å²) in [6.45, 7) is 1.88. The molecule has 0 aliphatic heterocycles. The zero-order valence-electron chi connectivity index (χ0n) is 12.5. The van der Waals surface area contributed by atoms with E-state index in [1.54, 1.807) is 37.4 Å². The first-order valence-electron chi connectivity index (χ1n) is 7.29. The Morgan fingerprint density at radius 3 is 2.61 bits per heavy atom. The number of esters is 1. The summed E-state index contributed by atoms with van der Waals surface area (Å²) in [6, 6.07) is 14.0. The van der Waals surface area contributed by atoms with Crippen LogP contribution < -0.4 is 0 Å². The highest BCUT2D eigenvalue weighted by Gasteiger charge is 2.43. The van der Waals surface area contributed by atoms with Crippen LogP contribution in [0.3, 0.4) is 0 Å². The fourth-order valence-corrected chi connectivity index (χ4v) is 2.81. The van der Waals surface area contributed by atoms with Gasteiger partial charge in [-0.2, -0.15) is 0 Å². The summed E-state index contributed by atoms with van der Waals surface area (Å²) in [7, 11) is 0. The average Bonchev–Trinajstić information content (AvgIpc) is 2.99. The maximum absolute atomic E-state index is 12.6. The number of fused-ring (bicyclic) bond motifs is 1. The molecule has 0 unspecified atom stereocenters. The minimum absolute atomic E-state index is 0.178. The zero-order valence-corrected chi connectivity index (χ0v) is 13.3. The first-order valence-corrected chi connectivity index (χ1v) is 7.67. The molecule has 1 heterocycles. The van der Waals surface area contributed by atoms with E-state index in [0.717, 1.165) is 10.9 Å². The quantitative estimate of drug-likeness (QED) is 0.719. The summed E-state index contributed by atoms with van der Waals surface area (Å²) < 4.78 is 5.13. The van der Waals surface area contributed by atoms with Crippen molar-refractivity contribution in [3.63, 3.8) is 0 Å². The van der Waals surface area contributed by atoms with Gasteiger partial charge < -0.3 is 14.8 Å². The molecule has 0 bridgehead atoms. The Balaban J connectivity index is 2.23. The van der Waals surface area contributed by atoms with Gasteiger partial charge in [-0.15, -0.1) is 0 Å². The van der Waals surface area contributed by atoms with Crippen molar-refractivity contribution in [3.05, 3.63) is 70.9 Å². The Bertz CT molecular complexity index is 841. The number of para-hydroxylation sites is 1. The first-order chi connectivity index (χ1) is 11.1. The molecule has 0 fully saturated rings. The van der Waals surface area contributed by atoms with Gasteiger partial charge in [-0.05, 0) is 30.7 Å². The Morgan fingerprint density at radius 2 is 1.91 bits per heavy atom. The van der Waals surface area contributed by atoms with Crippen LogP contribution in [0.4, 0.5) is 0 Å². The predicted molar refractivity (Wildman–Crippen MR) is 89.4 cm³/mol. The van der Waals surface area contributed by atoms with E-state index in [2.05, 4.69) is 4.98 Å². The van der Waals surface area contributed by atoms with E-state index >= 15 is 0 Å². The molecular weight excluding hydrogens is 314 g/mol. The second-order valence-electron chi connectivity index (χ2n) is 5.19. The fraction of sp³-hybridized carbons (Fsp3) is 0.167. The molecule has 0 spiro atoms. The van der Waals surface area contributed by atoms with Crippen LogP contribution in [0, 0.1) is 0 Å². The Labute approximate surface area is 138 Å². The molecule has 2 N–H and O–H groups in total. The van der Waals surface area contributed by atoms with Crippen molar-refractivity contribution in [1.82, 2.24) is 4.98 Å². The number of aromatic amines is 1. The van der Waals surface area contributed by atoms with E-state index in [1.165, 1.54) is 0 Å². The maximum atomic E-state index is 12.6. The number of benzene rings is 2. The van der Waals surface area contributed by atoms with E-state index < -0.39 is 11.6 Å². The molecule has 118 valence electrons. The molecule has 4 nitrogen and oxygen atoms in total. The Kier molecular flexibility index (Phi) is 4.11. The first kappa shape index (κ1) is 15.6. The van der Waals surface area contributed by atoms with Gasteiger partial charge in [0.1, 0.15) is 0 Å². The van der Waals surface area contributed by atoms with E-state index in [0.29, 0.717) is 16.1 Å². The highest BCUT2D eigenvalue weighted by molar-refractivity contribution is 6.30. The third-order valence-corrected chi connectivity index (χ3v) is 4.06. The molecule has 3 rings (SSSR count). The molecule has 0 saturated carbocycles. The molecule has 0 aliphatic rings. The van der Waals surface area contributed by atoms with Crippen molar-refractivity contribution in [2.45, 2.75) is 12.5 Å². The van der Waals surface area contributed by atoms with Gasteiger partial charge in [0.05, 0.1) is 6.61 Å². The second-order valence-corrected chi connectivity index (χ2v) is 5.62. The molecule has 3 aromatic rings. The number of H-pyrrole nitrogens is 1. The van der Waals surface area contributed by atoms with Crippen molar-refractivity contribution in [2.24, 2.45) is 0 Å². The lowest BCUT2D eigenvalue weighted by Gasteiger charge is -2.26. The smallest absolute Gasteiger partial charge is 0.347 e. The molecule has 1 atom stereocenters. The van der Waals surface area contributed by atoms with Crippen molar-refractivity contribution in [2.75, 3.05) is 6.61 Å². The number of carbonyl (C=O) groups is 1. The van der Waals surface area contributed by atoms with Crippen LogP contribution in [0.15, 0.2) is 54.7 Å². The summed E-state index contributed by atoms with van der Waals surface area (Å²) in [4.78, 5) is 15.7. The number of ether oxygens (including phenoxy) is 1. The molecule has 2 aromatic carbocycles. The number of aromatic nitrogens is 1.